The van der Waals surface area contributed by atoms with E-state index in [2.05, 4.69) is 31.5 Å². The molecule has 2 N–H and O–H groups in total. The van der Waals surface area contributed by atoms with Crippen molar-refractivity contribution in [2.24, 2.45) is 0 Å². The molecule has 3 amide bonds. The van der Waals surface area contributed by atoms with Gasteiger partial charge in [-0.3, -0.25) is 19.3 Å². The van der Waals surface area contributed by atoms with Crippen LogP contribution in [-0.2, 0) is 14.4 Å². The van der Waals surface area contributed by atoms with Crippen LogP contribution in [0, 0.1) is 0 Å². The van der Waals surface area contributed by atoms with Crippen LogP contribution < -0.4 is 10.6 Å². The molecule has 8 heteroatoms. The minimum absolute atomic E-state index is 0.0152. The number of hydrogen-bond donors (Lipinski definition) is 2. The molecule has 1 saturated heterocycles. The van der Waals surface area contributed by atoms with Gasteiger partial charge in [-0.05, 0) is 37.5 Å². The number of carbonyl (C=O) groups excluding carboxylic acids is 3. The molecule has 1 saturated carbocycles. The highest BCUT2D eigenvalue weighted by molar-refractivity contribution is 9.10. The fraction of sp³-hybridized carbons (Fsp3) is 0.571. The van der Waals surface area contributed by atoms with E-state index in [1.54, 1.807) is 0 Å². The molecule has 1 aliphatic heterocycles. The molecule has 2 aliphatic rings. The van der Waals surface area contributed by atoms with Crippen molar-refractivity contribution in [1.82, 2.24) is 20.4 Å². The van der Waals surface area contributed by atoms with Crippen LogP contribution in [0.1, 0.15) is 44.7 Å². The lowest BCUT2D eigenvalue weighted by Gasteiger charge is -2.38. The zero-order valence-electron chi connectivity index (χ0n) is 17.0. The summed E-state index contributed by atoms with van der Waals surface area (Å²) >= 11 is 3.41. The van der Waals surface area contributed by atoms with Gasteiger partial charge in [-0.1, -0.05) is 28.1 Å². The average Bonchev–Trinajstić information content (AvgIpc) is 3.51. The zero-order chi connectivity index (χ0) is 21.0. The number of amides is 3. The lowest BCUT2D eigenvalue weighted by atomic mass is 10.0. The molecule has 1 heterocycles. The second-order valence-electron chi connectivity index (χ2n) is 7.88. The van der Waals surface area contributed by atoms with Crippen LogP contribution in [-0.4, -0.2) is 65.8 Å². The second-order valence-corrected chi connectivity index (χ2v) is 8.80. The fourth-order valence-electron chi connectivity index (χ4n) is 3.57. The summed E-state index contributed by atoms with van der Waals surface area (Å²) in [5.41, 5.74) is 0.903. The molecule has 0 aromatic heterocycles. The van der Waals surface area contributed by atoms with E-state index < -0.39 is 0 Å². The first-order valence-corrected chi connectivity index (χ1v) is 11.0. The van der Waals surface area contributed by atoms with Crippen molar-refractivity contribution in [3.8, 4) is 0 Å². The number of benzene rings is 1. The quantitative estimate of drug-likeness (QED) is 0.644. The lowest BCUT2D eigenvalue weighted by Crippen LogP contribution is -2.55. The highest BCUT2D eigenvalue weighted by Gasteiger charge is 2.31. The summed E-state index contributed by atoms with van der Waals surface area (Å²) in [6, 6.07) is 7.46. The maximum Gasteiger partial charge on any atom is 0.237 e. The van der Waals surface area contributed by atoms with Gasteiger partial charge in [-0.15, -0.1) is 0 Å². The summed E-state index contributed by atoms with van der Waals surface area (Å²) < 4.78 is 0.949. The van der Waals surface area contributed by atoms with Crippen molar-refractivity contribution in [3.63, 3.8) is 0 Å². The maximum atomic E-state index is 12.9. The summed E-state index contributed by atoms with van der Waals surface area (Å²) in [7, 11) is 0. The second kappa shape index (κ2) is 9.71. The number of piperazine rings is 1. The Morgan fingerprint density at radius 2 is 1.72 bits per heavy atom. The van der Waals surface area contributed by atoms with Crippen LogP contribution in [0.5, 0.6) is 0 Å². The van der Waals surface area contributed by atoms with Gasteiger partial charge >= 0.3 is 0 Å². The molecule has 158 valence electrons. The monoisotopic (exact) mass is 464 g/mol. The first-order valence-electron chi connectivity index (χ1n) is 10.2. The van der Waals surface area contributed by atoms with Crippen LogP contribution in [0.15, 0.2) is 28.7 Å². The normalized spacial score (nSPS) is 19.3. The summed E-state index contributed by atoms with van der Waals surface area (Å²) in [5, 5.41) is 5.93. The third-order valence-electron chi connectivity index (χ3n) is 5.55. The van der Waals surface area contributed by atoms with Gasteiger partial charge in [0.1, 0.15) is 0 Å². The Labute approximate surface area is 180 Å². The first-order chi connectivity index (χ1) is 13.8. The number of rotatable bonds is 7. The largest absolute Gasteiger partial charge is 0.352 e. The Kier molecular flexibility index (Phi) is 7.29. The Morgan fingerprint density at radius 3 is 2.28 bits per heavy atom. The summed E-state index contributed by atoms with van der Waals surface area (Å²) in [6.45, 7) is 5.92. The zero-order valence-corrected chi connectivity index (χ0v) is 18.6. The molecule has 0 radical (unpaired) electrons. The molecular weight excluding hydrogens is 436 g/mol. The summed E-state index contributed by atoms with van der Waals surface area (Å²) in [5.74, 6) is -0.0688. The number of hydrogen-bond acceptors (Lipinski definition) is 4. The third kappa shape index (κ3) is 6.27. The van der Waals surface area contributed by atoms with Gasteiger partial charge in [0.25, 0.3) is 0 Å². The summed E-state index contributed by atoms with van der Waals surface area (Å²) in [4.78, 5) is 40.7. The van der Waals surface area contributed by atoms with Crippen LogP contribution in [0.25, 0.3) is 0 Å². The molecule has 2 atom stereocenters. The van der Waals surface area contributed by atoms with Crippen molar-refractivity contribution in [3.05, 3.63) is 34.3 Å². The fourth-order valence-corrected chi connectivity index (χ4v) is 3.83. The molecule has 29 heavy (non-hydrogen) atoms. The number of carbonyl (C=O) groups is 3. The van der Waals surface area contributed by atoms with Crippen molar-refractivity contribution in [2.45, 2.75) is 51.2 Å². The van der Waals surface area contributed by atoms with Gasteiger partial charge < -0.3 is 15.5 Å². The van der Waals surface area contributed by atoms with Gasteiger partial charge in [0.2, 0.25) is 17.7 Å². The highest BCUT2D eigenvalue weighted by Crippen LogP contribution is 2.22. The van der Waals surface area contributed by atoms with Crippen LogP contribution in [0.3, 0.4) is 0 Å². The highest BCUT2D eigenvalue weighted by atomic mass is 79.9. The average molecular weight is 465 g/mol. The van der Waals surface area contributed by atoms with Gasteiger partial charge in [0.15, 0.2) is 0 Å². The molecule has 7 nitrogen and oxygen atoms in total. The first kappa shape index (κ1) is 21.8. The topological polar surface area (TPSA) is 81.8 Å². The Hall–Kier alpha value is -1.93. The van der Waals surface area contributed by atoms with E-state index in [1.807, 2.05) is 36.1 Å². The Balaban J connectivity index is 1.53. The Bertz CT molecular complexity index is 743. The molecule has 0 bridgehead atoms. The predicted molar refractivity (Wildman–Crippen MR) is 114 cm³/mol. The number of nitrogens with zero attached hydrogens (tertiary/aromatic N) is 2. The molecule has 2 unspecified atom stereocenters. The standard InChI is InChI=1S/C21H29BrN4O3/c1-14(21(29)24-18-7-8-18)25-9-11-26(12-10-25)20(28)13-19(23-15(2)27)16-3-5-17(22)6-4-16/h3-6,14,18-19H,7-13H2,1-2H3,(H,23,27)(H,24,29). The minimum Gasteiger partial charge on any atom is -0.352 e. The SMILES string of the molecule is CC(=O)NC(CC(=O)N1CCN(C(C)C(=O)NC2CC2)CC1)c1ccc(Br)cc1. The number of nitrogens with one attached hydrogen (secondary N) is 2. The molecule has 3 rings (SSSR count). The van der Waals surface area contributed by atoms with Crippen molar-refractivity contribution >= 4 is 33.7 Å². The van der Waals surface area contributed by atoms with Crippen molar-refractivity contribution in [1.29, 1.82) is 0 Å². The van der Waals surface area contributed by atoms with E-state index in [0.29, 0.717) is 32.2 Å². The van der Waals surface area contributed by atoms with Gasteiger partial charge in [-0.25, -0.2) is 0 Å². The molecule has 0 spiro atoms. The third-order valence-corrected chi connectivity index (χ3v) is 6.08. The molecule has 1 aromatic rings. The van der Waals surface area contributed by atoms with Gasteiger partial charge in [0, 0.05) is 43.6 Å². The number of halogens is 1. The van der Waals surface area contributed by atoms with Crippen molar-refractivity contribution in [2.75, 3.05) is 26.2 Å². The molecule has 1 aliphatic carbocycles. The lowest BCUT2D eigenvalue weighted by molar-refractivity contribution is -0.134. The van der Waals surface area contributed by atoms with Gasteiger partial charge in [-0.2, -0.15) is 0 Å². The van der Waals surface area contributed by atoms with E-state index in [0.717, 1.165) is 22.9 Å². The van der Waals surface area contributed by atoms with Crippen LogP contribution >= 0.6 is 15.9 Å². The van der Waals surface area contributed by atoms with Crippen LogP contribution in [0.2, 0.25) is 0 Å². The van der Waals surface area contributed by atoms with Gasteiger partial charge in [0.05, 0.1) is 18.5 Å². The van der Waals surface area contributed by atoms with E-state index in [-0.39, 0.29) is 36.2 Å². The predicted octanol–water partition coefficient (Wildman–Crippen LogP) is 1.83. The maximum absolute atomic E-state index is 12.9. The van der Waals surface area contributed by atoms with Crippen LogP contribution in [0.4, 0.5) is 0 Å². The van der Waals surface area contributed by atoms with E-state index >= 15 is 0 Å². The smallest absolute Gasteiger partial charge is 0.237 e. The minimum atomic E-state index is -0.352. The molecule has 2 fully saturated rings. The van der Waals surface area contributed by atoms with E-state index in [1.165, 1.54) is 6.92 Å². The molecular formula is C21H29BrN4O3. The van der Waals surface area contributed by atoms with E-state index in [4.69, 9.17) is 0 Å². The Morgan fingerprint density at radius 1 is 1.10 bits per heavy atom. The van der Waals surface area contributed by atoms with Crippen molar-refractivity contribution < 1.29 is 14.4 Å². The van der Waals surface area contributed by atoms with E-state index in [9.17, 15) is 14.4 Å². The summed E-state index contributed by atoms with van der Waals surface area (Å²) in [6.07, 6.45) is 2.38. The molecule has 1 aromatic carbocycles.